The fourth-order valence-electron chi connectivity index (χ4n) is 3.34. The van der Waals surface area contributed by atoms with Crippen LogP contribution in [0.2, 0.25) is 0 Å². The monoisotopic (exact) mass is 379 g/mol. The first-order chi connectivity index (χ1) is 13.1. The second-order valence-corrected chi connectivity index (χ2v) is 6.97. The molecule has 4 atom stereocenters. The van der Waals surface area contributed by atoms with Gasteiger partial charge in [0.15, 0.2) is 17.7 Å². The summed E-state index contributed by atoms with van der Waals surface area (Å²) in [5, 5.41) is 20.7. The zero-order valence-corrected chi connectivity index (χ0v) is 15.7. The van der Waals surface area contributed by atoms with Crippen molar-refractivity contribution < 1.29 is 19.7 Å². The summed E-state index contributed by atoms with van der Waals surface area (Å²) < 4.78 is 13.0. The van der Waals surface area contributed by atoms with Crippen LogP contribution in [0.25, 0.3) is 11.2 Å². The van der Waals surface area contributed by atoms with E-state index in [1.54, 1.807) is 4.57 Å². The highest BCUT2D eigenvalue weighted by molar-refractivity contribution is 5.81. The number of nitrogen functional groups attached to an aromatic ring is 1. The third-order valence-electron chi connectivity index (χ3n) is 4.92. The van der Waals surface area contributed by atoms with E-state index in [1.807, 2.05) is 0 Å². The highest BCUT2D eigenvalue weighted by atomic mass is 16.6. The molecule has 1 saturated heterocycles. The van der Waals surface area contributed by atoms with Gasteiger partial charge >= 0.3 is 0 Å². The first-order valence-electron chi connectivity index (χ1n) is 9.65. The number of aromatic nitrogens is 4. The van der Waals surface area contributed by atoms with Crippen LogP contribution in [-0.4, -0.2) is 61.3 Å². The summed E-state index contributed by atoms with van der Waals surface area (Å²) in [6, 6.07) is 0. The SMILES string of the molecule is CCCCCCCCOC[C@H]1O[C@@H](n2cnc3c(N)ncnc32)[C@H](O)[C@@H]1O. The van der Waals surface area contributed by atoms with Gasteiger partial charge in [-0.05, 0) is 6.42 Å². The minimum absolute atomic E-state index is 0.230. The Hall–Kier alpha value is -1.81. The fraction of sp³-hybridized carbons (Fsp3) is 0.722. The van der Waals surface area contributed by atoms with Gasteiger partial charge in [-0.15, -0.1) is 0 Å². The predicted octanol–water partition coefficient (Wildman–Crippen LogP) is 1.40. The zero-order valence-electron chi connectivity index (χ0n) is 15.7. The van der Waals surface area contributed by atoms with E-state index in [-0.39, 0.29) is 12.4 Å². The minimum atomic E-state index is -1.11. The Morgan fingerprint density at radius 3 is 2.70 bits per heavy atom. The molecule has 150 valence electrons. The topological polar surface area (TPSA) is 129 Å². The van der Waals surface area contributed by atoms with Crippen molar-refractivity contribution >= 4 is 17.0 Å². The summed E-state index contributed by atoms with van der Waals surface area (Å²) in [6.07, 6.45) is 6.37. The molecule has 0 aliphatic carbocycles. The zero-order chi connectivity index (χ0) is 19.2. The van der Waals surface area contributed by atoms with Crippen LogP contribution in [0.5, 0.6) is 0 Å². The quantitative estimate of drug-likeness (QED) is 0.529. The number of aliphatic hydroxyl groups is 2. The molecule has 0 amide bonds. The van der Waals surface area contributed by atoms with E-state index < -0.39 is 24.5 Å². The molecule has 0 aromatic carbocycles. The van der Waals surface area contributed by atoms with E-state index in [9.17, 15) is 10.2 Å². The van der Waals surface area contributed by atoms with Gasteiger partial charge in [0.2, 0.25) is 0 Å². The summed E-state index contributed by atoms with van der Waals surface area (Å²) in [5.41, 5.74) is 6.68. The number of hydrogen-bond acceptors (Lipinski definition) is 8. The van der Waals surface area contributed by atoms with Crippen molar-refractivity contribution in [3.8, 4) is 0 Å². The molecule has 3 heterocycles. The molecule has 1 aliphatic heterocycles. The van der Waals surface area contributed by atoms with Gasteiger partial charge in [0.1, 0.15) is 30.2 Å². The molecule has 2 aromatic rings. The molecule has 0 saturated carbocycles. The van der Waals surface area contributed by atoms with Crippen LogP contribution in [0.1, 0.15) is 51.7 Å². The average molecular weight is 379 g/mol. The van der Waals surface area contributed by atoms with Crippen molar-refractivity contribution in [2.45, 2.75) is 70.0 Å². The van der Waals surface area contributed by atoms with E-state index >= 15 is 0 Å². The Balaban J connectivity index is 1.51. The van der Waals surface area contributed by atoms with Gasteiger partial charge < -0.3 is 25.4 Å². The molecule has 0 radical (unpaired) electrons. The molecule has 9 heteroatoms. The van der Waals surface area contributed by atoms with Crippen LogP contribution < -0.4 is 5.73 Å². The molecular weight excluding hydrogens is 350 g/mol. The van der Waals surface area contributed by atoms with E-state index in [0.717, 1.165) is 12.8 Å². The second-order valence-electron chi connectivity index (χ2n) is 6.97. The summed E-state index contributed by atoms with van der Waals surface area (Å²) in [5.74, 6) is 0.255. The maximum absolute atomic E-state index is 10.4. The smallest absolute Gasteiger partial charge is 0.167 e. The summed E-state index contributed by atoms with van der Waals surface area (Å²) in [6.45, 7) is 3.05. The Morgan fingerprint density at radius 1 is 1.11 bits per heavy atom. The largest absolute Gasteiger partial charge is 0.387 e. The van der Waals surface area contributed by atoms with E-state index in [0.29, 0.717) is 17.8 Å². The van der Waals surface area contributed by atoms with E-state index in [4.69, 9.17) is 15.2 Å². The Bertz CT molecular complexity index is 725. The number of nitrogens with zero attached hydrogens (tertiary/aromatic N) is 4. The van der Waals surface area contributed by atoms with Gasteiger partial charge in [-0.3, -0.25) is 4.57 Å². The summed E-state index contributed by atoms with van der Waals surface area (Å²) in [7, 11) is 0. The van der Waals surface area contributed by atoms with Gasteiger partial charge in [0, 0.05) is 6.61 Å². The lowest BCUT2D eigenvalue weighted by Gasteiger charge is -2.16. The van der Waals surface area contributed by atoms with Crippen molar-refractivity contribution in [2.24, 2.45) is 0 Å². The van der Waals surface area contributed by atoms with Crippen LogP contribution in [0.4, 0.5) is 5.82 Å². The molecule has 27 heavy (non-hydrogen) atoms. The van der Waals surface area contributed by atoms with Crippen molar-refractivity contribution in [3.05, 3.63) is 12.7 Å². The van der Waals surface area contributed by atoms with Crippen LogP contribution >= 0.6 is 0 Å². The second kappa shape index (κ2) is 9.41. The Morgan fingerprint density at radius 2 is 1.89 bits per heavy atom. The lowest BCUT2D eigenvalue weighted by atomic mass is 10.1. The molecular formula is C18H29N5O4. The summed E-state index contributed by atoms with van der Waals surface area (Å²) >= 11 is 0. The number of hydrogen-bond donors (Lipinski definition) is 3. The van der Waals surface area contributed by atoms with Crippen molar-refractivity contribution in [2.75, 3.05) is 18.9 Å². The molecule has 1 aliphatic rings. The van der Waals surface area contributed by atoms with Crippen LogP contribution in [0.15, 0.2) is 12.7 Å². The lowest BCUT2D eigenvalue weighted by Crippen LogP contribution is -2.33. The molecule has 4 N–H and O–H groups in total. The normalized spacial score (nSPS) is 25.4. The lowest BCUT2D eigenvalue weighted by molar-refractivity contribution is -0.0657. The minimum Gasteiger partial charge on any atom is -0.387 e. The number of ether oxygens (including phenoxy) is 2. The van der Waals surface area contributed by atoms with Gasteiger partial charge in [0.25, 0.3) is 0 Å². The number of nitrogens with two attached hydrogens (primary N) is 1. The maximum Gasteiger partial charge on any atom is 0.167 e. The number of unbranched alkanes of at least 4 members (excludes halogenated alkanes) is 5. The van der Waals surface area contributed by atoms with Crippen molar-refractivity contribution in [1.29, 1.82) is 0 Å². The number of rotatable bonds is 10. The fourth-order valence-corrected chi connectivity index (χ4v) is 3.34. The maximum atomic E-state index is 10.4. The van der Waals surface area contributed by atoms with E-state index in [2.05, 4.69) is 21.9 Å². The van der Waals surface area contributed by atoms with Crippen LogP contribution in [0, 0.1) is 0 Å². The van der Waals surface area contributed by atoms with Gasteiger partial charge in [-0.1, -0.05) is 39.0 Å². The highest BCUT2D eigenvalue weighted by Gasteiger charge is 2.44. The molecule has 1 fully saturated rings. The first-order valence-corrected chi connectivity index (χ1v) is 9.65. The Kier molecular flexibility index (Phi) is 6.95. The van der Waals surface area contributed by atoms with Gasteiger partial charge in [0.05, 0.1) is 12.9 Å². The number of fused-ring (bicyclic) bond motifs is 1. The van der Waals surface area contributed by atoms with Crippen molar-refractivity contribution in [1.82, 2.24) is 19.5 Å². The standard InChI is InChI=1S/C18H29N5O4/c1-2-3-4-5-6-7-8-26-9-12-14(24)15(25)18(27-12)23-11-22-13-16(19)20-10-21-17(13)23/h10-12,14-15,18,24-25H,2-9H2,1H3,(H2,19,20,21)/t12-,14-,15-,18-/m1/s1. The number of imidazole rings is 1. The number of anilines is 1. The predicted molar refractivity (Wildman–Crippen MR) is 99.9 cm³/mol. The molecule has 0 unspecified atom stereocenters. The molecule has 2 aromatic heterocycles. The molecule has 0 bridgehead atoms. The van der Waals surface area contributed by atoms with Gasteiger partial charge in [-0.25, -0.2) is 15.0 Å². The van der Waals surface area contributed by atoms with Crippen molar-refractivity contribution in [3.63, 3.8) is 0 Å². The van der Waals surface area contributed by atoms with Crippen LogP contribution in [0.3, 0.4) is 0 Å². The molecule has 0 spiro atoms. The van der Waals surface area contributed by atoms with E-state index in [1.165, 1.54) is 38.3 Å². The molecule has 9 nitrogen and oxygen atoms in total. The third kappa shape index (κ3) is 4.55. The van der Waals surface area contributed by atoms with Gasteiger partial charge in [-0.2, -0.15) is 0 Å². The molecule has 3 rings (SSSR count). The third-order valence-corrected chi connectivity index (χ3v) is 4.92. The first kappa shape index (κ1) is 19.9. The summed E-state index contributed by atoms with van der Waals surface area (Å²) in [4.78, 5) is 12.2. The highest BCUT2D eigenvalue weighted by Crippen LogP contribution is 2.32. The average Bonchev–Trinajstić information content (AvgIpc) is 3.21. The Labute approximate surface area is 158 Å². The van der Waals surface area contributed by atoms with Crippen LogP contribution in [-0.2, 0) is 9.47 Å². The number of aliphatic hydroxyl groups excluding tert-OH is 2.